The van der Waals surface area contributed by atoms with E-state index in [0.29, 0.717) is 6.54 Å². The number of methoxy groups -OCH3 is 1. The Morgan fingerprint density at radius 1 is 1.17 bits per heavy atom. The van der Waals surface area contributed by atoms with Crippen LogP contribution in [0.1, 0.15) is 24.1 Å². The van der Waals surface area contributed by atoms with E-state index in [-0.39, 0.29) is 18.6 Å². The van der Waals surface area contributed by atoms with Crippen molar-refractivity contribution in [3.05, 3.63) is 59.7 Å². The number of benzene rings is 2. The van der Waals surface area contributed by atoms with Gasteiger partial charge in [-0.05, 0) is 48.7 Å². The van der Waals surface area contributed by atoms with Crippen molar-refractivity contribution in [2.75, 3.05) is 20.3 Å². The minimum Gasteiger partial charge on any atom is -0.497 e. The molecule has 1 heterocycles. The van der Waals surface area contributed by atoms with Crippen molar-refractivity contribution in [2.24, 2.45) is 0 Å². The lowest BCUT2D eigenvalue weighted by atomic mass is 9.93. The van der Waals surface area contributed by atoms with Crippen molar-refractivity contribution in [2.45, 2.75) is 19.4 Å². The molecule has 0 spiro atoms. The molecular weight excluding hydrogens is 290 g/mol. The van der Waals surface area contributed by atoms with Crippen LogP contribution in [-0.2, 0) is 11.2 Å². The highest BCUT2D eigenvalue weighted by Crippen LogP contribution is 2.31. The summed E-state index contributed by atoms with van der Waals surface area (Å²) in [6.07, 6.45) is 0.841. The van der Waals surface area contributed by atoms with Crippen molar-refractivity contribution in [1.82, 2.24) is 4.90 Å². The molecule has 1 atom stereocenters. The number of amides is 1. The number of ether oxygens (including phenoxy) is 2. The van der Waals surface area contributed by atoms with Gasteiger partial charge in [0, 0.05) is 6.54 Å². The Morgan fingerprint density at radius 3 is 2.70 bits per heavy atom. The second-order valence-electron chi connectivity index (χ2n) is 5.68. The molecule has 2 aromatic carbocycles. The summed E-state index contributed by atoms with van der Waals surface area (Å²) in [7, 11) is 1.67. The van der Waals surface area contributed by atoms with Gasteiger partial charge in [-0.3, -0.25) is 4.79 Å². The van der Waals surface area contributed by atoms with Crippen molar-refractivity contribution < 1.29 is 14.3 Å². The van der Waals surface area contributed by atoms with Gasteiger partial charge in [0.25, 0.3) is 5.91 Å². The summed E-state index contributed by atoms with van der Waals surface area (Å²) >= 11 is 0. The van der Waals surface area contributed by atoms with Gasteiger partial charge in [-0.25, -0.2) is 0 Å². The van der Waals surface area contributed by atoms with Gasteiger partial charge >= 0.3 is 0 Å². The Kier molecular flexibility index (Phi) is 4.51. The summed E-state index contributed by atoms with van der Waals surface area (Å²) in [5, 5.41) is 0. The van der Waals surface area contributed by atoms with E-state index < -0.39 is 0 Å². The van der Waals surface area contributed by atoms with Crippen LogP contribution in [0.3, 0.4) is 0 Å². The fourth-order valence-corrected chi connectivity index (χ4v) is 3.02. The average Bonchev–Trinajstić information content (AvgIpc) is 2.60. The molecule has 3 rings (SSSR count). The van der Waals surface area contributed by atoms with Crippen LogP contribution < -0.4 is 9.47 Å². The van der Waals surface area contributed by atoms with Crippen LogP contribution >= 0.6 is 0 Å². The predicted molar refractivity (Wildman–Crippen MR) is 88.8 cm³/mol. The Bertz CT molecular complexity index is 684. The third kappa shape index (κ3) is 3.31. The number of carbonyl (C=O) groups excluding carboxylic acids is 1. The van der Waals surface area contributed by atoms with Crippen molar-refractivity contribution in [3.63, 3.8) is 0 Å². The van der Waals surface area contributed by atoms with E-state index in [9.17, 15) is 4.79 Å². The van der Waals surface area contributed by atoms with Crippen LogP contribution in [0.25, 0.3) is 0 Å². The van der Waals surface area contributed by atoms with Crippen LogP contribution in [-0.4, -0.2) is 31.1 Å². The molecule has 0 bridgehead atoms. The summed E-state index contributed by atoms with van der Waals surface area (Å²) in [6, 6.07) is 15.5. The average molecular weight is 311 g/mol. The molecule has 0 aromatic heterocycles. The molecule has 0 saturated heterocycles. The maximum absolute atomic E-state index is 12.5. The number of rotatable bonds is 4. The fraction of sp³-hybridized carbons (Fsp3) is 0.316. The molecule has 1 unspecified atom stereocenters. The molecule has 4 nitrogen and oxygen atoms in total. The third-order valence-electron chi connectivity index (χ3n) is 4.32. The zero-order valence-corrected chi connectivity index (χ0v) is 13.5. The van der Waals surface area contributed by atoms with Gasteiger partial charge in [0.2, 0.25) is 0 Å². The van der Waals surface area contributed by atoms with E-state index in [0.717, 1.165) is 17.9 Å². The molecule has 0 aliphatic carbocycles. The highest BCUT2D eigenvalue weighted by Gasteiger charge is 2.27. The van der Waals surface area contributed by atoms with Crippen molar-refractivity contribution in [1.29, 1.82) is 0 Å². The maximum atomic E-state index is 12.5. The maximum Gasteiger partial charge on any atom is 0.261 e. The van der Waals surface area contributed by atoms with Gasteiger partial charge in [0.1, 0.15) is 11.5 Å². The normalized spacial score (nSPS) is 16.6. The number of fused-ring (bicyclic) bond motifs is 1. The first-order chi connectivity index (χ1) is 11.2. The van der Waals surface area contributed by atoms with Crippen LogP contribution in [0.5, 0.6) is 11.5 Å². The summed E-state index contributed by atoms with van der Waals surface area (Å²) in [5.74, 6) is 1.60. The molecule has 0 fully saturated rings. The number of carbonyl (C=O) groups is 1. The molecule has 4 heteroatoms. The lowest BCUT2D eigenvalue weighted by Crippen LogP contribution is -2.41. The Labute approximate surface area is 136 Å². The summed E-state index contributed by atoms with van der Waals surface area (Å²) in [6.45, 7) is 2.84. The van der Waals surface area contributed by atoms with Crippen LogP contribution in [0.4, 0.5) is 0 Å². The number of hydrogen-bond acceptors (Lipinski definition) is 3. The molecule has 0 radical (unpaired) electrons. The molecule has 0 saturated carbocycles. The third-order valence-corrected chi connectivity index (χ3v) is 4.32. The summed E-state index contributed by atoms with van der Waals surface area (Å²) in [5.41, 5.74) is 2.44. The summed E-state index contributed by atoms with van der Waals surface area (Å²) < 4.78 is 10.9. The van der Waals surface area contributed by atoms with Crippen LogP contribution in [0, 0.1) is 0 Å². The van der Waals surface area contributed by atoms with E-state index in [1.807, 2.05) is 41.3 Å². The van der Waals surface area contributed by atoms with Gasteiger partial charge in [0.15, 0.2) is 6.61 Å². The topological polar surface area (TPSA) is 38.8 Å². The van der Waals surface area contributed by atoms with Crippen molar-refractivity contribution >= 4 is 5.91 Å². The van der Waals surface area contributed by atoms with E-state index >= 15 is 0 Å². The second-order valence-corrected chi connectivity index (χ2v) is 5.68. The first kappa shape index (κ1) is 15.4. The summed E-state index contributed by atoms with van der Waals surface area (Å²) in [4.78, 5) is 14.4. The lowest BCUT2D eigenvalue weighted by Gasteiger charge is -2.35. The molecule has 120 valence electrons. The van der Waals surface area contributed by atoms with Crippen LogP contribution in [0.2, 0.25) is 0 Å². The van der Waals surface area contributed by atoms with Gasteiger partial charge in [-0.1, -0.05) is 24.3 Å². The first-order valence-corrected chi connectivity index (χ1v) is 7.83. The minimum absolute atomic E-state index is 0.0165. The van der Waals surface area contributed by atoms with Crippen molar-refractivity contribution in [3.8, 4) is 11.5 Å². The predicted octanol–water partition coefficient (Wildman–Crippen LogP) is 3.22. The smallest absolute Gasteiger partial charge is 0.261 e. The molecule has 1 aliphatic rings. The van der Waals surface area contributed by atoms with Crippen LogP contribution in [0.15, 0.2) is 48.5 Å². The SMILES string of the molecule is COc1ccc2c(c1)CCN(C(=O)COc1ccccc1)C2C. The number of para-hydroxylation sites is 1. The first-order valence-electron chi connectivity index (χ1n) is 7.83. The highest BCUT2D eigenvalue weighted by molar-refractivity contribution is 5.78. The van der Waals surface area contributed by atoms with Gasteiger partial charge < -0.3 is 14.4 Å². The Balaban J connectivity index is 1.68. The molecule has 2 aromatic rings. The molecule has 23 heavy (non-hydrogen) atoms. The molecule has 0 N–H and O–H groups in total. The lowest BCUT2D eigenvalue weighted by molar-refractivity contribution is -0.135. The van der Waals surface area contributed by atoms with Gasteiger partial charge in [-0.15, -0.1) is 0 Å². The number of nitrogens with zero attached hydrogens (tertiary/aromatic N) is 1. The van der Waals surface area contributed by atoms with E-state index in [2.05, 4.69) is 19.1 Å². The largest absolute Gasteiger partial charge is 0.497 e. The van der Waals surface area contributed by atoms with Gasteiger partial charge in [-0.2, -0.15) is 0 Å². The monoisotopic (exact) mass is 311 g/mol. The van der Waals surface area contributed by atoms with E-state index in [4.69, 9.17) is 9.47 Å². The van der Waals surface area contributed by atoms with E-state index in [1.165, 1.54) is 11.1 Å². The number of hydrogen-bond donors (Lipinski definition) is 0. The standard InChI is InChI=1S/C19H21NO3/c1-14-18-9-8-17(22-2)12-15(18)10-11-20(14)19(21)13-23-16-6-4-3-5-7-16/h3-9,12,14H,10-11,13H2,1-2H3. The van der Waals surface area contributed by atoms with E-state index in [1.54, 1.807) is 7.11 Å². The Morgan fingerprint density at radius 2 is 1.96 bits per heavy atom. The molecule has 1 aliphatic heterocycles. The zero-order valence-electron chi connectivity index (χ0n) is 13.5. The Hall–Kier alpha value is -2.49. The molecule has 1 amide bonds. The highest BCUT2D eigenvalue weighted by atomic mass is 16.5. The van der Waals surface area contributed by atoms with Gasteiger partial charge in [0.05, 0.1) is 13.2 Å². The zero-order chi connectivity index (χ0) is 16.2. The minimum atomic E-state index is 0.0165. The quantitative estimate of drug-likeness (QED) is 0.870. The second kappa shape index (κ2) is 6.73. The fourth-order valence-electron chi connectivity index (χ4n) is 3.02. The molecular formula is C19H21NO3.